The topological polar surface area (TPSA) is 67.4 Å². The van der Waals surface area contributed by atoms with Crippen LogP contribution in [-0.4, -0.2) is 24.0 Å². The molecule has 0 radical (unpaired) electrons. The Kier molecular flexibility index (Phi) is 4.97. The van der Waals surface area contributed by atoms with Gasteiger partial charge < -0.3 is 15.4 Å². The zero-order chi connectivity index (χ0) is 17.8. The Balaban J connectivity index is 1.59. The molecule has 0 unspecified atom stereocenters. The van der Waals surface area contributed by atoms with Gasteiger partial charge in [0.25, 0.3) is 11.8 Å². The molecule has 0 saturated heterocycles. The predicted molar refractivity (Wildman–Crippen MR) is 92.0 cm³/mol. The van der Waals surface area contributed by atoms with Crippen LogP contribution in [0.25, 0.3) is 0 Å². The molecular weight excluding hydrogens is 323 g/mol. The van der Waals surface area contributed by atoms with Crippen molar-refractivity contribution in [2.45, 2.75) is 31.9 Å². The fraction of sp³-hybridized carbons (Fsp3) is 0.263. The first-order valence-electron chi connectivity index (χ1n) is 8.15. The summed E-state index contributed by atoms with van der Waals surface area (Å²) in [6.07, 6.45) is 1.26. The lowest BCUT2D eigenvalue weighted by molar-refractivity contribution is -0.122. The molecule has 2 N–H and O–H groups in total. The van der Waals surface area contributed by atoms with E-state index in [-0.39, 0.29) is 23.7 Å². The van der Waals surface area contributed by atoms with Gasteiger partial charge in [-0.25, -0.2) is 4.39 Å². The summed E-state index contributed by atoms with van der Waals surface area (Å²) < 4.78 is 18.4. The highest BCUT2D eigenvalue weighted by Crippen LogP contribution is 2.20. The molecule has 1 fully saturated rings. The molecule has 1 saturated carbocycles. The van der Waals surface area contributed by atoms with Crippen molar-refractivity contribution in [2.24, 2.45) is 0 Å². The van der Waals surface area contributed by atoms with Crippen molar-refractivity contribution in [3.63, 3.8) is 0 Å². The van der Waals surface area contributed by atoms with Crippen molar-refractivity contribution in [1.29, 1.82) is 0 Å². The maximum absolute atomic E-state index is 12.9. The van der Waals surface area contributed by atoms with Crippen LogP contribution >= 0.6 is 0 Å². The van der Waals surface area contributed by atoms with Gasteiger partial charge in [-0.2, -0.15) is 0 Å². The van der Waals surface area contributed by atoms with Crippen LogP contribution in [0.2, 0.25) is 0 Å². The highest BCUT2D eigenvalue weighted by molar-refractivity contribution is 5.98. The smallest absolute Gasteiger partial charge is 0.265 e. The molecule has 1 aliphatic rings. The third-order valence-corrected chi connectivity index (χ3v) is 3.80. The summed E-state index contributed by atoms with van der Waals surface area (Å²) in [4.78, 5) is 24.3. The van der Waals surface area contributed by atoms with E-state index in [1.54, 1.807) is 31.2 Å². The summed E-state index contributed by atoms with van der Waals surface area (Å²) in [7, 11) is 0. The van der Waals surface area contributed by atoms with Gasteiger partial charge in [0, 0.05) is 17.3 Å². The number of hydrogen-bond donors (Lipinski definition) is 2. The Morgan fingerprint density at radius 1 is 1.16 bits per heavy atom. The van der Waals surface area contributed by atoms with Gasteiger partial charge in [0.15, 0.2) is 6.10 Å². The summed E-state index contributed by atoms with van der Waals surface area (Å²) >= 11 is 0. The zero-order valence-corrected chi connectivity index (χ0v) is 13.8. The van der Waals surface area contributed by atoms with E-state index in [1.807, 2.05) is 0 Å². The highest BCUT2D eigenvalue weighted by atomic mass is 19.1. The molecule has 2 amide bonds. The first-order chi connectivity index (χ1) is 12.0. The van der Waals surface area contributed by atoms with Crippen molar-refractivity contribution >= 4 is 17.5 Å². The summed E-state index contributed by atoms with van der Waals surface area (Å²) in [6.45, 7) is 1.60. The number of carbonyl (C=O) groups is 2. The normalized spacial score (nSPS) is 14.5. The molecule has 6 heteroatoms. The Labute approximate surface area is 145 Å². The van der Waals surface area contributed by atoms with E-state index < -0.39 is 6.10 Å². The van der Waals surface area contributed by atoms with Gasteiger partial charge in [-0.05, 0) is 62.2 Å². The summed E-state index contributed by atoms with van der Waals surface area (Å²) in [5, 5.41) is 5.62. The van der Waals surface area contributed by atoms with E-state index >= 15 is 0 Å². The molecule has 0 aromatic heterocycles. The fourth-order valence-corrected chi connectivity index (χ4v) is 2.25. The number of carbonyl (C=O) groups excluding carboxylic acids is 2. The lowest BCUT2D eigenvalue weighted by Crippen LogP contribution is -2.30. The maximum Gasteiger partial charge on any atom is 0.265 e. The molecule has 2 aromatic carbocycles. The molecule has 0 bridgehead atoms. The molecule has 2 aromatic rings. The first kappa shape index (κ1) is 17.0. The summed E-state index contributed by atoms with van der Waals surface area (Å²) in [5.74, 6) is -0.467. The molecule has 3 rings (SSSR count). The first-order valence-corrected chi connectivity index (χ1v) is 8.15. The molecule has 0 spiro atoms. The molecule has 25 heavy (non-hydrogen) atoms. The number of hydrogen-bond acceptors (Lipinski definition) is 3. The Morgan fingerprint density at radius 2 is 1.88 bits per heavy atom. The van der Waals surface area contributed by atoms with Crippen molar-refractivity contribution in [1.82, 2.24) is 5.32 Å². The van der Waals surface area contributed by atoms with E-state index in [0.717, 1.165) is 12.8 Å². The lowest BCUT2D eigenvalue weighted by atomic mass is 10.2. The second-order valence-electron chi connectivity index (χ2n) is 6.03. The van der Waals surface area contributed by atoms with Crippen LogP contribution in [0.5, 0.6) is 5.75 Å². The zero-order valence-electron chi connectivity index (χ0n) is 13.8. The number of halogens is 1. The Morgan fingerprint density at radius 3 is 2.56 bits per heavy atom. The quantitative estimate of drug-likeness (QED) is 0.847. The minimum absolute atomic E-state index is 0.144. The average Bonchev–Trinajstić information content (AvgIpc) is 3.41. The van der Waals surface area contributed by atoms with Crippen LogP contribution in [0.3, 0.4) is 0 Å². The van der Waals surface area contributed by atoms with Crippen molar-refractivity contribution in [3.05, 3.63) is 59.9 Å². The highest BCUT2D eigenvalue weighted by Gasteiger charge is 2.24. The van der Waals surface area contributed by atoms with Crippen LogP contribution in [0.15, 0.2) is 48.5 Å². The molecule has 0 heterocycles. The molecule has 1 atom stereocenters. The summed E-state index contributed by atoms with van der Waals surface area (Å²) in [6, 6.07) is 12.5. The minimum atomic E-state index is -0.769. The Hall–Kier alpha value is -2.89. The van der Waals surface area contributed by atoms with E-state index in [0.29, 0.717) is 17.0 Å². The van der Waals surface area contributed by atoms with Gasteiger partial charge in [-0.15, -0.1) is 0 Å². The van der Waals surface area contributed by atoms with Crippen molar-refractivity contribution in [2.75, 3.05) is 5.32 Å². The third-order valence-electron chi connectivity index (χ3n) is 3.80. The van der Waals surface area contributed by atoms with E-state index in [9.17, 15) is 14.0 Å². The Bertz CT molecular complexity index is 772. The number of rotatable bonds is 6. The number of nitrogens with one attached hydrogen (secondary N) is 2. The van der Waals surface area contributed by atoms with Crippen LogP contribution in [-0.2, 0) is 4.79 Å². The second kappa shape index (κ2) is 7.34. The van der Waals surface area contributed by atoms with Crippen molar-refractivity contribution in [3.8, 4) is 5.75 Å². The number of ether oxygens (including phenoxy) is 1. The molecule has 130 valence electrons. The minimum Gasteiger partial charge on any atom is -0.481 e. The monoisotopic (exact) mass is 342 g/mol. The van der Waals surface area contributed by atoms with Crippen molar-refractivity contribution < 1.29 is 18.7 Å². The molecule has 1 aliphatic carbocycles. The third kappa shape index (κ3) is 4.79. The van der Waals surface area contributed by atoms with E-state index in [2.05, 4.69) is 10.6 Å². The molecule has 5 nitrogen and oxygen atoms in total. The second-order valence-corrected chi connectivity index (χ2v) is 6.03. The van der Waals surface area contributed by atoms with Gasteiger partial charge in [0.1, 0.15) is 11.6 Å². The average molecular weight is 342 g/mol. The summed E-state index contributed by atoms with van der Waals surface area (Å²) in [5.41, 5.74) is 1.01. The standard InChI is InChI=1S/C19H19FN2O3/c1-12(25-17-9-5-14(20)6-10-17)18(23)22-16-4-2-3-13(11-16)19(24)21-15-7-8-15/h2-6,9-12,15H,7-8H2,1H3,(H,21,24)(H,22,23)/t12-/m1/s1. The van der Waals surface area contributed by atoms with Gasteiger partial charge in [-0.1, -0.05) is 6.07 Å². The maximum atomic E-state index is 12.9. The van der Waals surface area contributed by atoms with Gasteiger partial charge in [-0.3, -0.25) is 9.59 Å². The van der Waals surface area contributed by atoms with Crippen LogP contribution in [0.4, 0.5) is 10.1 Å². The molecular formula is C19H19FN2O3. The van der Waals surface area contributed by atoms with Crippen LogP contribution < -0.4 is 15.4 Å². The van der Waals surface area contributed by atoms with E-state index in [4.69, 9.17) is 4.74 Å². The lowest BCUT2D eigenvalue weighted by Gasteiger charge is -2.15. The van der Waals surface area contributed by atoms with Crippen LogP contribution in [0, 0.1) is 5.82 Å². The number of amides is 2. The van der Waals surface area contributed by atoms with Crippen LogP contribution in [0.1, 0.15) is 30.1 Å². The molecule has 0 aliphatic heterocycles. The predicted octanol–water partition coefficient (Wildman–Crippen LogP) is 3.12. The number of benzene rings is 2. The van der Waals surface area contributed by atoms with Gasteiger partial charge in [0.2, 0.25) is 0 Å². The largest absolute Gasteiger partial charge is 0.481 e. The van der Waals surface area contributed by atoms with Gasteiger partial charge in [0.05, 0.1) is 0 Å². The SMILES string of the molecule is C[C@@H](Oc1ccc(F)cc1)C(=O)Nc1cccc(C(=O)NC2CC2)c1. The van der Waals surface area contributed by atoms with Gasteiger partial charge >= 0.3 is 0 Å². The fourth-order valence-electron chi connectivity index (χ4n) is 2.25. The van der Waals surface area contributed by atoms with E-state index in [1.165, 1.54) is 24.3 Å². The number of anilines is 1.